The van der Waals surface area contributed by atoms with Crippen LogP contribution in [0.15, 0.2) is 151 Å². The van der Waals surface area contributed by atoms with Gasteiger partial charge >= 0.3 is 0 Å². The topological polar surface area (TPSA) is 19.0 Å². The predicted molar refractivity (Wildman–Crippen MR) is 247 cm³/mol. The number of thiophene rings is 1. The Morgan fingerprint density at radius 1 is 0.621 bits per heavy atom. The number of anilines is 9. The molecule has 1 aliphatic carbocycles. The van der Waals surface area contributed by atoms with Gasteiger partial charge in [-0.05, 0) is 132 Å². The third kappa shape index (κ3) is 5.20. The molecule has 1 saturated carbocycles. The molecule has 0 amide bonds. The number of benzene rings is 6. The monoisotopic (exact) mass is 773 g/mol. The minimum absolute atomic E-state index is 0.0272. The van der Waals surface area contributed by atoms with Crippen molar-refractivity contribution in [3.05, 3.63) is 162 Å². The maximum absolute atomic E-state index is 7.15. The third-order valence-corrected chi connectivity index (χ3v) is 14.6. The Morgan fingerprint density at radius 3 is 1.88 bits per heavy atom. The number of hydrogen-bond donors (Lipinski definition) is 0. The number of nitrogens with zero attached hydrogens (tertiary/aromatic N) is 3. The number of para-hydroxylation sites is 3. The van der Waals surface area contributed by atoms with Gasteiger partial charge in [0.15, 0.2) is 0 Å². The lowest BCUT2D eigenvalue weighted by Crippen LogP contribution is -2.61. The number of hydrogen-bond acceptors (Lipinski definition) is 5. The van der Waals surface area contributed by atoms with Crippen molar-refractivity contribution in [1.82, 2.24) is 0 Å². The van der Waals surface area contributed by atoms with Gasteiger partial charge in [-0.1, -0.05) is 107 Å². The Hall–Kier alpha value is -5.72. The summed E-state index contributed by atoms with van der Waals surface area (Å²) in [6, 6.07) is 54.2. The van der Waals surface area contributed by atoms with Crippen LogP contribution in [0, 0.1) is 0 Å². The summed E-state index contributed by atoms with van der Waals surface area (Å²) in [6.45, 7) is 11.7. The highest BCUT2D eigenvalue weighted by Crippen LogP contribution is 2.58. The highest BCUT2D eigenvalue weighted by atomic mass is 32.1. The van der Waals surface area contributed by atoms with Gasteiger partial charge in [0.25, 0.3) is 6.71 Å². The zero-order chi connectivity index (χ0) is 39.4. The predicted octanol–water partition coefficient (Wildman–Crippen LogP) is 12.6. The fraction of sp³-hybridized carbons (Fsp3) is 0.231. The lowest BCUT2D eigenvalue weighted by Gasteiger charge is -2.45. The highest BCUT2D eigenvalue weighted by molar-refractivity contribution is 7.18. The summed E-state index contributed by atoms with van der Waals surface area (Å²) in [5, 5.41) is 3.56. The van der Waals surface area contributed by atoms with Gasteiger partial charge in [0.2, 0.25) is 0 Å². The first-order chi connectivity index (χ1) is 28.1. The van der Waals surface area contributed by atoms with Crippen LogP contribution in [0.5, 0.6) is 5.75 Å². The second-order valence-corrected chi connectivity index (χ2v) is 19.0. The first-order valence-electron chi connectivity index (χ1n) is 20.9. The van der Waals surface area contributed by atoms with Crippen LogP contribution in [-0.2, 0) is 10.8 Å². The van der Waals surface area contributed by atoms with E-state index in [0.717, 1.165) is 41.3 Å². The van der Waals surface area contributed by atoms with E-state index < -0.39 is 0 Å². The number of rotatable bonds is 5. The number of ether oxygens (including phenoxy) is 1. The van der Waals surface area contributed by atoms with Gasteiger partial charge in [-0.3, -0.25) is 0 Å². The van der Waals surface area contributed by atoms with Crippen molar-refractivity contribution >= 4 is 84.9 Å². The van der Waals surface area contributed by atoms with Crippen LogP contribution in [-0.4, -0.2) is 12.3 Å². The van der Waals surface area contributed by atoms with Gasteiger partial charge in [-0.15, -0.1) is 11.3 Å². The summed E-state index contributed by atoms with van der Waals surface area (Å²) in [6.07, 6.45) is 4.65. The van der Waals surface area contributed by atoms with E-state index in [2.05, 4.69) is 200 Å². The summed E-state index contributed by atoms with van der Waals surface area (Å²) in [4.78, 5) is 7.51. The van der Waals surface area contributed by atoms with E-state index in [0.29, 0.717) is 0 Å². The first kappa shape index (κ1) is 35.4. The Balaban J connectivity index is 1.23. The summed E-state index contributed by atoms with van der Waals surface area (Å²) < 4.78 is 7.15. The largest absolute Gasteiger partial charge is 0.486 e. The van der Waals surface area contributed by atoms with Crippen LogP contribution in [0.2, 0.25) is 0 Å². The first-order valence-corrected chi connectivity index (χ1v) is 21.8. The molecule has 7 aromatic rings. The molecule has 4 aliphatic rings. The van der Waals surface area contributed by atoms with E-state index >= 15 is 0 Å². The average Bonchev–Trinajstić information content (AvgIpc) is 3.81. The normalized spacial score (nSPS) is 20.1. The lowest BCUT2D eigenvalue weighted by molar-refractivity contribution is 0.00742. The average molecular weight is 774 g/mol. The zero-order valence-electron chi connectivity index (χ0n) is 34.0. The molecule has 1 fully saturated rings. The van der Waals surface area contributed by atoms with Crippen molar-refractivity contribution < 1.29 is 4.74 Å². The van der Waals surface area contributed by atoms with Crippen LogP contribution in [0.4, 0.5) is 50.5 Å². The molecular weight excluding hydrogens is 725 g/mol. The van der Waals surface area contributed by atoms with E-state index in [1.54, 1.807) is 0 Å². The van der Waals surface area contributed by atoms with Crippen molar-refractivity contribution in [2.24, 2.45) is 0 Å². The van der Waals surface area contributed by atoms with Crippen molar-refractivity contribution in [3.8, 4) is 5.75 Å². The maximum Gasteiger partial charge on any atom is 0.253 e. The minimum atomic E-state index is -0.220. The Bertz CT molecular complexity index is 2650. The van der Waals surface area contributed by atoms with E-state index in [-0.39, 0.29) is 23.1 Å². The molecule has 6 heteroatoms. The molecular formula is C52H48BN3OS. The maximum atomic E-state index is 7.15. The smallest absolute Gasteiger partial charge is 0.253 e. The molecule has 0 saturated heterocycles. The molecule has 1 aromatic heterocycles. The molecule has 3 aliphatic heterocycles. The van der Waals surface area contributed by atoms with Gasteiger partial charge in [-0.25, -0.2) is 0 Å². The van der Waals surface area contributed by atoms with Crippen LogP contribution >= 0.6 is 11.3 Å². The molecule has 4 heterocycles. The van der Waals surface area contributed by atoms with Gasteiger partial charge in [0, 0.05) is 50.8 Å². The van der Waals surface area contributed by atoms with Gasteiger partial charge < -0.3 is 19.4 Å². The number of fused-ring (bicyclic) bond motifs is 7. The van der Waals surface area contributed by atoms with E-state index in [1.807, 2.05) is 11.3 Å². The molecule has 0 radical (unpaired) electrons. The van der Waals surface area contributed by atoms with E-state index in [4.69, 9.17) is 4.74 Å². The van der Waals surface area contributed by atoms with Gasteiger partial charge in [-0.2, -0.15) is 0 Å². The molecule has 2 atom stereocenters. The SMILES string of the molecule is CC(C)(C)c1ccc(N2c3cc(N(c4ccccc4)c4ccccc4)cc4c3B(c3cc5c(cc3N4c3ccccc3)C3(C)CCCCC3(C)O5)c3ccsc32)cc1. The van der Waals surface area contributed by atoms with Crippen LogP contribution in [0.25, 0.3) is 0 Å². The molecule has 58 heavy (non-hydrogen) atoms. The van der Waals surface area contributed by atoms with Gasteiger partial charge in [0.05, 0.1) is 10.7 Å². The third-order valence-electron chi connectivity index (χ3n) is 13.7. The molecule has 0 spiro atoms. The minimum Gasteiger partial charge on any atom is -0.486 e. The summed E-state index contributed by atoms with van der Waals surface area (Å²) in [7, 11) is 0. The quantitative estimate of drug-likeness (QED) is 0.162. The Labute approximate surface area is 347 Å². The molecule has 6 aromatic carbocycles. The molecule has 0 N–H and O–H groups in total. The second kappa shape index (κ2) is 12.9. The van der Waals surface area contributed by atoms with E-state index in [1.165, 1.54) is 68.1 Å². The molecule has 0 bridgehead atoms. The Morgan fingerprint density at radius 2 is 1.22 bits per heavy atom. The van der Waals surface area contributed by atoms with Gasteiger partial charge in [0.1, 0.15) is 11.4 Å². The summed E-state index contributed by atoms with van der Waals surface area (Å²) >= 11 is 1.84. The van der Waals surface area contributed by atoms with E-state index in [9.17, 15) is 0 Å². The molecule has 4 nitrogen and oxygen atoms in total. The van der Waals surface area contributed by atoms with Crippen molar-refractivity contribution in [3.63, 3.8) is 0 Å². The second-order valence-electron chi connectivity index (χ2n) is 18.1. The molecule has 286 valence electrons. The van der Waals surface area contributed by atoms with Crippen molar-refractivity contribution in [2.45, 2.75) is 76.7 Å². The van der Waals surface area contributed by atoms with Crippen molar-refractivity contribution in [1.29, 1.82) is 0 Å². The standard InChI is InChI=1S/C52H48BN3OS/c1-50(2,3)35-23-25-39(26-24-35)56-46-32-40(54(36-17-9-6-10-18-36)37-19-11-7-12-20-37)31-45-48(46)53(42-27-30-58-49(42)56)43-34-47-41(51(4)28-15-16-29-52(51,5)57-47)33-44(43)55(45)38-21-13-8-14-22-38/h6-14,17-27,30-34H,15-16,28-29H2,1-5H3. The lowest BCUT2D eigenvalue weighted by atomic mass is 9.34. The zero-order valence-corrected chi connectivity index (χ0v) is 34.8. The highest BCUT2D eigenvalue weighted by Gasteiger charge is 2.56. The summed E-state index contributed by atoms with van der Waals surface area (Å²) in [5.74, 6) is 1.07. The fourth-order valence-corrected chi connectivity index (χ4v) is 11.5. The Kier molecular flexibility index (Phi) is 7.88. The van der Waals surface area contributed by atoms with Crippen molar-refractivity contribution in [2.75, 3.05) is 14.7 Å². The molecule has 2 unspecified atom stereocenters. The van der Waals surface area contributed by atoms with Crippen LogP contribution < -0.4 is 35.8 Å². The van der Waals surface area contributed by atoms with Crippen LogP contribution in [0.3, 0.4) is 0 Å². The van der Waals surface area contributed by atoms with Crippen LogP contribution in [0.1, 0.15) is 71.4 Å². The fourth-order valence-electron chi connectivity index (χ4n) is 10.5. The summed E-state index contributed by atoms with van der Waals surface area (Å²) in [5.41, 5.74) is 15.7. The molecule has 11 rings (SSSR count).